The van der Waals surface area contributed by atoms with E-state index in [4.69, 9.17) is 4.74 Å². The highest BCUT2D eigenvalue weighted by molar-refractivity contribution is 7.89. The lowest BCUT2D eigenvalue weighted by Gasteiger charge is -2.25. The van der Waals surface area contributed by atoms with E-state index in [0.29, 0.717) is 42.2 Å². The average molecular weight is 579 g/mol. The first kappa shape index (κ1) is 29.0. The third-order valence-corrected chi connectivity index (χ3v) is 9.37. The Kier molecular flexibility index (Phi) is 8.86. The molecule has 0 radical (unpaired) electrons. The highest BCUT2D eigenvalue weighted by atomic mass is 32.2. The zero-order valence-corrected chi connectivity index (χ0v) is 24.8. The number of nitrogens with one attached hydrogen (secondary N) is 1. The number of pyridine rings is 2. The first-order valence-electron chi connectivity index (χ1n) is 14.3. The molecule has 1 N–H and O–H groups in total. The molecule has 218 valence electrons. The summed E-state index contributed by atoms with van der Waals surface area (Å²) >= 11 is 0. The van der Waals surface area contributed by atoms with Crippen molar-refractivity contribution >= 4 is 20.9 Å². The smallest absolute Gasteiger partial charge is 0.274 e. The summed E-state index contributed by atoms with van der Waals surface area (Å²) in [7, 11) is -2.15. The van der Waals surface area contributed by atoms with Gasteiger partial charge in [-0.3, -0.25) is 14.5 Å². The number of nitrogens with zero attached hydrogens (tertiary/aromatic N) is 5. The molecule has 10 nitrogen and oxygen atoms in total. The number of rotatable bonds is 12. The first-order chi connectivity index (χ1) is 19.8. The van der Waals surface area contributed by atoms with E-state index in [-0.39, 0.29) is 17.0 Å². The van der Waals surface area contributed by atoms with Crippen LogP contribution in [0.2, 0.25) is 0 Å². The predicted molar refractivity (Wildman–Crippen MR) is 159 cm³/mol. The van der Waals surface area contributed by atoms with Crippen molar-refractivity contribution in [3.05, 3.63) is 70.4 Å². The number of hydrogen-bond acceptors (Lipinski definition) is 7. The SMILES string of the molecule is CCCc1nn(C)c2c(=O)[nH]c(-c3cc(S(=O)(=O)N(CCN4CCCC4)Cc4cccnc4)ccc3OCC)cc12. The van der Waals surface area contributed by atoms with Gasteiger partial charge in [0.2, 0.25) is 10.0 Å². The molecule has 1 aliphatic rings. The number of fused-ring (bicyclic) bond motifs is 1. The molecule has 1 saturated heterocycles. The summed E-state index contributed by atoms with van der Waals surface area (Å²) in [6.45, 7) is 7.53. The topological polar surface area (TPSA) is 113 Å². The molecule has 11 heteroatoms. The van der Waals surface area contributed by atoms with Crippen molar-refractivity contribution in [1.82, 2.24) is 29.0 Å². The number of ether oxygens (including phenoxy) is 1. The summed E-state index contributed by atoms with van der Waals surface area (Å²) in [6, 6.07) is 10.4. The molecule has 4 aromatic rings. The van der Waals surface area contributed by atoms with Crippen LogP contribution in [0.5, 0.6) is 5.75 Å². The largest absolute Gasteiger partial charge is 0.493 e. The fourth-order valence-corrected chi connectivity index (χ4v) is 6.94. The quantitative estimate of drug-likeness (QED) is 0.271. The van der Waals surface area contributed by atoms with E-state index in [9.17, 15) is 13.2 Å². The van der Waals surface area contributed by atoms with Crippen LogP contribution < -0.4 is 10.3 Å². The van der Waals surface area contributed by atoms with Crippen LogP contribution in [0.15, 0.2) is 58.5 Å². The second-order valence-electron chi connectivity index (χ2n) is 10.4. The number of H-pyrrole nitrogens is 1. The van der Waals surface area contributed by atoms with Crippen molar-refractivity contribution in [3.63, 3.8) is 0 Å². The number of hydrogen-bond donors (Lipinski definition) is 1. The van der Waals surface area contributed by atoms with Gasteiger partial charge in [0.15, 0.2) is 0 Å². The van der Waals surface area contributed by atoms with E-state index in [1.54, 1.807) is 42.3 Å². The Balaban J connectivity index is 1.58. The van der Waals surface area contributed by atoms with E-state index in [2.05, 4.69) is 26.9 Å². The van der Waals surface area contributed by atoms with Gasteiger partial charge < -0.3 is 14.6 Å². The molecule has 0 bridgehead atoms. The standard InChI is InChI=1S/C30H38N6O4S/c1-4-9-26-25-19-27(32-30(37)29(25)34(3)33-26)24-18-23(11-12-28(24)40-5-2)41(38,39)36(17-16-35-14-6-7-15-35)21-22-10-8-13-31-20-22/h8,10-13,18-20H,4-7,9,14-17,21H2,1-3H3,(H,32,37). The van der Waals surface area contributed by atoms with Crippen molar-refractivity contribution in [2.75, 3.05) is 32.8 Å². The van der Waals surface area contributed by atoms with Crippen molar-refractivity contribution in [1.29, 1.82) is 0 Å². The van der Waals surface area contributed by atoms with Crippen LogP contribution >= 0.6 is 0 Å². The van der Waals surface area contributed by atoms with Crippen LogP contribution in [-0.2, 0) is 30.0 Å². The molecule has 1 fully saturated rings. The normalized spacial score (nSPS) is 14.3. The van der Waals surface area contributed by atoms with E-state index in [0.717, 1.165) is 55.4 Å². The van der Waals surface area contributed by atoms with E-state index in [1.807, 2.05) is 25.1 Å². The van der Waals surface area contributed by atoms with Crippen LogP contribution in [0.25, 0.3) is 22.2 Å². The number of sulfonamides is 1. The predicted octanol–water partition coefficient (Wildman–Crippen LogP) is 3.96. The molecule has 5 rings (SSSR count). The van der Waals surface area contributed by atoms with Crippen molar-refractivity contribution in [2.24, 2.45) is 7.05 Å². The molecule has 41 heavy (non-hydrogen) atoms. The summed E-state index contributed by atoms with van der Waals surface area (Å²) in [5, 5.41) is 5.32. The molecule has 1 aromatic carbocycles. The summed E-state index contributed by atoms with van der Waals surface area (Å²) in [5.74, 6) is 0.498. The van der Waals surface area contributed by atoms with Gasteiger partial charge in [-0.05, 0) is 75.2 Å². The third-order valence-electron chi connectivity index (χ3n) is 7.52. The number of aromatic nitrogens is 4. The molecular formula is C30H38N6O4S. The molecule has 1 aliphatic heterocycles. The van der Waals surface area contributed by atoms with Crippen LogP contribution in [0.1, 0.15) is 44.4 Å². The second kappa shape index (κ2) is 12.5. The molecule has 3 aromatic heterocycles. The molecule has 0 amide bonds. The maximum Gasteiger partial charge on any atom is 0.274 e. The summed E-state index contributed by atoms with van der Waals surface area (Å²) in [6.07, 6.45) is 7.26. The fourth-order valence-electron chi connectivity index (χ4n) is 5.49. The Hall–Kier alpha value is -3.54. The molecule has 4 heterocycles. The first-order valence-corrected chi connectivity index (χ1v) is 15.7. The average Bonchev–Trinajstić information content (AvgIpc) is 3.60. The highest BCUT2D eigenvalue weighted by Gasteiger charge is 2.28. The van der Waals surface area contributed by atoms with Crippen LogP contribution in [-0.4, -0.2) is 70.2 Å². The zero-order chi connectivity index (χ0) is 29.0. The minimum Gasteiger partial charge on any atom is -0.493 e. The van der Waals surface area contributed by atoms with Crippen LogP contribution in [0.4, 0.5) is 0 Å². The lowest BCUT2D eigenvalue weighted by Crippen LogP contribution is -2.37. The van der Waals surface area contributed by atoms with E-state index < -0.39 is 10.0 Å². The van der Waals surface area contributed by atoms with E-state index >= 15 is 0 Å². The van der Waals surface area contributed by atoms with Gasteiger partial charge in [-0.2, -0.15) is 9.40 Å². The van der Waals surface area contributed by atoms with Gasteiger partial charge in [-0.1, -0.05) is 19.4 Å². The lowest BCUT2D eigenvalue weighted by atomic mass is 10.1. The summed E-state index contributed by atoms with van der Waals surface area (Å²) in [5.41, 5.74) is 2.86. The number of likely N-dealkylation sites (tertiary alicyclic amines) is 1. The van der Waals surface area contributed by atoms with Crippen LogP contribution in [0, 0.1) is 0 Å². The summed E-state index contributed by atoms with van der Waals surface area (Å²) < 4.78 is 37.4. The number of benzene rings is 1. The second-order valence-corrected chi connectivity index (χ2v) is 12.4. The maximum absolute atomic E-state index is 14.2. The zero-order valence-electron chi connectivity index (χ0n) is 24.0. The van der Waals surface area contributed by atoms with Gasteiger partial charge in [0.25, 0.3) is 5.56 Å². The third kappa shape index (κ3) is 6.22. The Morgan fingerprint density at radius 2 is 1.93 bits per heavy atom. The Morgan fingerprint density at radius 1 is 1.12 bits per heavy atom. The van der Waals surface area contributed by atoms with Gasteiger partial charge in [0.05, 0.1) is 22.9 Å². The molecule has 0 aliphatic carbocycles. The minimum absolute atomic E-state index is 0.141. The molecule has 0 atom stereocenters. The van der Waals surface area contributed by atoms with E-state index in [1.165, 1.54) is 4.31 Å². The highest BCUT2D eigenvalue weighted by Crippen LogP contribution is 2.34. The fraction of sp³-hybridized carbons (Fsp3) is 0.433. The monoisotopic (exact) mass is 578 g/mol. The van der Waals surface area contributed by atoms with Gasteiger partial charge in [0, 0.05) is 50.0 Å². The minimum atomic E-state index is -3.90. The van der Waals surface area contributed by atoms with Gasteiger partial charge in [-0.25, -0.2) is 8.42 Å². The van der Waals surface area contributed by atoms with Gasteiger partial charge in [0.1, 0.15) is 11.3 Å². The summed E-state index contributed by atoms with van der Waals surface area (Å²) in [4.78, 5) is 22.8. The Labute approximate surface area is 241 Å². The van der Waals surface area contributed by atoms with Crippen molar-refractivity contribution in [3.8, 4) is 17.0 Å². The molecule has 0 unspecified atom stereocenters. The van der Waals surface area contributed by atoms with Crippen molar-refractivity contribution in [2.45, 2.75) is 51.0 Å². The van der Waals surface area contributed by atoms with Crippen LogP contribution in [0.3, 0.4) is 0 Å². The maximum atomic E-state index is 14.2. The Bertz CT molecular complexity index is 1660. The Morgan fingerprint density at radius 3 is 2.63 bits per heavy atom. The molecule has 0 spiro atoms. The lowest BCUT2D eigenvalue weighted by molar-refractivity contribution is 0.291. The van der Waals surface area contributed by atoms with Gasteiger partial charge in [-0.15, -0.1) is 0 Å². The molecular weight excluding hydrogens is 540 g/mol. The van der Waals surface area contributed by atoms with Gasteiger partial charge >= 0.3 is 0 Å². The molecule has 0 saturated carbocycles. The number of aryl methyl sites for hydroxylation is 2. The van der Waals surface area contributed by atoms with Crippen molar-refractivity contribution < 1.29 is 13.2 Å². The number of aromatic amines is 1.